The standard InChI is InChI=1S/C18H23F2N5O2/c1-12-8-21-9-14(22-12)10-25-4-2-3-17(11-25)7-15(24-27-17)16(26)23-13-5-18(19,20)6-13/h8-9,13H,2-7,10-11H2,1H3,(H,23,26)/t17-/m1/s1. The van der Waals surface area contributed by atoms with E-state index in [1.165, 1.54) is 0 Å². The van der Waals surface area contributed by atoms with E-state index >= 15 is 0 Å². The molecular formula is C18H23F2N5O2. The van der Waals surface area contributed by atoms with Crippen LogP contribution in [0.3, 0.4) is 0 Å². The molecule has 1 saturated heterocycles. The van der Waals surface area contributed by atoms with Crippen LogP contribution in [0.15, 0.2) is 17.5 Å². The van der Waals surface area contributed by atoms with Gasteiger partial charge in [-0.15, -0.1) is 0 Å². The van der Waals surface area contributed by atoms with Crippen molar-refractivity contribution in [2.75, 3.05) is 13.1 Å². The van der Waals surface area contributed by atoms with Crippen LogP contribution in [0.1, 0.15) is 43.5 Å². The van der Waals surface area contributed by atoms with Gasteiger partial charge in [0.25, 0.3) is 11.8 Å². The van der Waals surface area contributed by atoms with Crippen LogP contribution in [0.2, 0.25) is 0 Å². The Hall–Kier alpha value is -2.16. The summed E-state index contributed by atoms with van der Waals surface area (Å²) in [5, 5.41) is 6.61. The van der Waals surface area contributed by atoms with Crippen molar-refractivity contribution in [3.8, 4) is 0 Å². The number of aryl methyl sites for hydroxylation is 1. The molecule has 3 heterocycles. The third-order valence-corrected chi connectivity index (χ3v) is 5.34. The number of hydrogen-bond donors (Lipinski definition) is 1. The SMILES string of the molecule is Cc1cncc(CN2CCC[C@@]3(CC(C(=O)NC4CC(F)(F)C4)=NO3)C2)n1. The summed E-state index contributed by atoms with van der Waals surface area (Å²) in [5.41, 5.74) is 1.54. The number of alkyl halides is 2. The molecule has 9 heteroatoms. The molecule has 1 aliphatic carbocycles. The number of likely N-dealkylation sites (tertiary alicyclic amines) is 1. The molecule has 1 amide bonds. The maximum absolute atomic E-state index is 12.9. The van der Waals surface area contributed by atoms with Crippen molar-refractivity contribution >= 4 is 11.6 Å². The van der Waals surface area contributed by atoms with Crippen molar-refractivity contribution < 1.29 is 18.4 Å². The molecule has 146 valence electrons. The number of nitrogens with one attached hydrogen (secondary N) is 1. The highest BCUT2D eigenvalue weighted by Crippen LogP contribution is 2.38. The van der Waals surface area contributed by atoms with Gasteiger partial charge >= 0.3 is 0 Å². The molecule has 0 bridgehead atoms. The molecule has 7 nitrogen and oxygen atoms in total. The molecule has 3 aliphatic rings. The fourth-order valence-electron chi connectivity index (χ4n) is 4.04. The first-order valence-corrected chi connectivity index (χ1v) is 9.26. The van der Waals surface area contributed by atoms with Crippen LogP contribution in [0.5, 0.6) is 0 Å². The molecule has 1 aromatic rings. The van der Waals surface area contributed by atoms with Gasteiger partial charge in [-0.2, -0.15) is 0 Å². The number of rotatable bonds is 4. The van der Waals surface area contributed by atoms with Gasteiger partial charge in [0.05, 0.1) is 11.4 Å². The van der Waals surface area contributed by atoms with Crippen LogP contribution < -0.4 is 5.32 Å². The zero-order chi connectivity index (χ0) is 19.1. The summed E-state index contributed by atoms with van der Waals surface area (Å²) in [5.74, 6) is -3.05. The van der Waals surface area contributed by atoms with E-state index in [2.05, 4.69) is 25.3 Å². The number of nitrogens with zero attached hydrogens (tertiary/aromatic N) is 4. The average molecular weight is 379 g/mol. The molecular weight excluding hydrogens is 356 g/mol. The Balaban J connectivity index is 1.32. The average Bonchev–Trinajstić information content (AvgIpc) is 2.97. The van der Waals surface area contributed by atoms with Crippen LogP contribution >= 0.6 is 0 Å². The Morgan fingerprint density at radius 1 is 1.41 bits per heavy atom. The molecule has 4 rings (SSSR count). The summed E-state index contributed by atoms with van der Waals surface area (Å²) in [6, 6.07) is -0.477. The highest BCUT2D eigenvalue weighted by Gasteiger charge is 2.48. The van der Waals surface area contributed by atoms with E-state index in [0.717, 1.165) is 30.8 Å². The van der Waals surface area contributed by atoms with Crippen molar-refractivity contribution in [1.29, 1.82) is 0 Å². The molecule has 0 radical (unpaired) electrons. The lowest BCUT2D eigenvalue weighted by Crippen LogP contribution is -2.53. The first kappa shape index (κ1) is 18.2. The zero-order valence-corrected chi connectivity index (χ0v) is 15.3. The Morgan fingerprint density at radius 2 is 2.22 bits per heavy atom. The molecule has 2 aliphatic heterocycles. The van der Waals surface area contributed by atoms with E-state index in [1.54, 1.807) is 12.4 Å². The number of aromatic nitrogens is 2. The number of oxime groups is 1. The van der Waals surface area contributed by atoms with Crippen molar-refractivity contribution in [3.05, 3.63) is 23.8 Å². The second kappa shape index (κ2) is 6.78. The Kier molecular flexibility index (Phi) is 4.57. The van der Waals surface area contributed by atoms with Crippen molar-refractivity contribution in [3.63, 3.8) is 0 Å². The summed E-state index contributed by atoms with van der Waals surface area (Å²) in [6.45, 7) is 4.13. The van der Waals surface area contributed by atoms with Gasteiger partial charge in [0.2, 0.25) is 0 Å². The molecule has 1 N–H and O–H groups in total. The first-order valence-electron chi connectivity index (χ1n) is 9.26. The lowest BCUT2D eigenvalue weighted by Gasteiger charge is -2.38. The minimum atomic E-state index is -2.66. The van der Waals surface area contributed by atoms with Gasteiger partial charge in [0, 0.05) is 50.8 Å². The fourth-order valence-corrected chi connectivity index (χ4v) is 4.04. The predicted molar refractivity (Wildman–Crippen MR) is 93.3 cm³/mol. The maximum atomic E-state index is 12.9. The quantitative estimate of drug-likeness (QED) is 0.863. The van der Waals surface area contributed by atoms with E-state index in [4.69, 9.17) is 4.84 Å². The first-order chi connectivity index (χ1) is 12.8. The third kappa shape index (κ3) is 4.07. The van der Waals surface area contributed by atoms with Crippen molar-refractivity contribution in [2.45, 2.75) is 63.1 Å². The van der Waals surface area contributed by atoms with E-state index in [1.807, 2.05) is 6.92 Å². The van der Waals surface area contributed by atoms with Crippen molar-refractivity contribution in [1.82, 2.24) is 20.2 Å². The zero-order valence-electron chi connectivity index (χ0n) is 15.3. The lowest BCUT2D eigenvalue weighted by atomic mass is 9.86. The van der Waals surface area contributed by atoms with Crippen molar-refractivity contribution in [2.24, 2.45) is 5.16 Å². The minimum absolute atomic E-state index is 0.294. The Bertz CT molecular complexity index is 764. The summed E-state index contributed by atoms with van der Waals surface area (Å²) in [4.78, 5) is 28.9. The topological polar surface area (TPSA) is 79.7 Å². The summed E-state index contributed by atoms with van der Waals surface area (Å²) >= 11 is 0. The smallest absolute Gasteiger partial charge is 0.269 e. The molecule has 2 fully saturated rings. The number of carbonyl (C=O) groups is 1. The Labute approximate surface area is 156 Å². The second-order valence-corrected chi connectivity index (χ2v) is 7.89. The van der Waals surface area contributed by atoms with Gasteiger partial charge in [0.15, 0.2) is 5.60 Å². The van der Waals surface area contributed by atoms with Crippen LogP contribution in [0.25, 0.3) is 0 Å². The van der Waals surface area contributed by atoms with Gasteiger partial charge in [-0.25, -0.2) is 8.78 Å². The summed E-state index contributed by atoms with van der Waals surface area (Å²) in [6.07, 6.45) is 5.01. The van der Waals surface area contributed by atoms with Gasteiger partial charge in [-0.3, -0.25) is 19.7 Å². The predicted octanol–water partition coefficient (Wildman–Crippen LogP) is 1.81. The normalized spacial score (nSPS) is 27.7. The molecule has 0 aromatic carbocycles. The van der Waals surface area contributed by atoms with Gasteiger partial charge in [-0.05, 0) is 26.3 Å². The van der Waals surface area contributed by atoms with Crippen LogP contribution in [-0.2, 0) is 16.2 Å². The van der Waals surface area contributed by atoms with E-state index in [9.17, 15) is 13.6 Å². The largest absolute Gasteiger partial charge is 0.387 e. The monoisotopic (exact) mass is 379 g/mol. The van der Waals surface area contributed by atoms with Crippen LogP contribution in [0, 0.1) is 6.92 Å². The van der Waals surface area contributed by atoms with Crippen LogP contribution in [-0.4, -0.2) is 57.1 Å². The number of hydrogen-bond acceptors (Lipinski definition) is 6. The summed E-state index contributed by atoms with van der Waals surface area (Å²) < 4.78 is 25.9. The molecule has 1 atom stereocenters. The minimum Gasteiger partial charge on any atom is -0.387 e. The second-order valence-electron chi connectivity index (χ2n) is 7.89. The van der Waals surface area contributed by atoms with E-state index in [-0.39, 0.29) is 12.8 Å². The Morgan fingerprint density at radius 3 is 2.96 bits per heavy atom. The fraction of sp³-hybridized carbons (Fsp3) is 0.667. The van der Waals surface area contributed by atoms with E-state index in [0.29, 0.717) is 25.2 Å². The summed E-state index contributed by atoms with van der Waals surface area (Å²) in [7, 11) is 0. The number of carbonyl (C=O) groups excluding carboxylic acids is 1. The molecule has 1 spiro atoms. The molecule has 1 aromatic heterocycles. The number of piperidine rings is 1. The van der Waals surface area contributed by atoms with Crippen LogP contribution in [0.4, 0.5) is 8.78 Å². The molecule has 1 saturated carbocycles. The van der Waals surface area contributed by atoms with Gasteiger partial charge in [-0.1, -0.05) is 5.16 Å². The number of amides is 1. The van der Waals surface area contributed by atoms with Gasteiger partial charge in [0.1, 0.15) is 5.71 Å². The lowest BCUT2D eigenvalue weighted by molar-refractivity contribution is -0.123. The molecule has 0 unspecified atom stereocenters. The highest BCUT2D eigenvalue weighted by atomic mass is 19.3. The highest BCUT2D eigenvalue weighted by molar-refractivity contribution is 6.39. The maximum Gasteiger partial charge on any atom is 0.269 e. The third-order valence-electron chi connectivity index (χ3n) is 5.34. The molecule has 27 heavy (non-hydrogen) atoms. The van der Waals surface area contributed by atoms with Gasteiger partial charge < -0.3 is 10.2 Å². The number of halogens is 2. The van der Waals surface area contributed by atoms with E-state index < -0.39 is 23.5 Å².